The molecule has 1 aliphatic carbocycles. The minimum absolute atomic E-state index is 0.0874. The van der Waals surface area contributed by atoms with E-state index >= 15 is 0 Å². The highest BCUT2D eigenvalue weighted by Gasteiger charge is 2.59. The maximum atomic E-state index is 13.0. The summed E-state index contributed by atoms with van der Waals surface area (Å²) in [5, 5.41) is 3.13. The third kappa shape index (κ3) is 3.83. The van der Waals surface area contributed by atoms with Gasteiger partial charge >= 0.3 is 0 Å². The Labute approximate surface area is 167 Å². The summed E-state index contributed by atoms with van der Waals surface area (Å²) in [7, 11) is -0.324. The third-order valence-electron chi connectivity index (χ3n) is 6.32. The SMILES string of the molecule is CN(C)S(=O)(=O)N1CC2(CN(Cc3ccccc3)CC2C(=O)NCC2CC2)C1. The smallest absolute Gasteiger partial charge is 0.281 e. The summed E-state index contributed by atoms with van der Waals surface area (Å²) in [6.07, 6.45) is 2.40. The van der Waals surface area contributed by atoms with Crippen molar-refractivity contribution in [3.05, 3.63) is 35.9 Å². The van der Waals surface area contributed by atoms with E-state index in [-0.39, 0.29) is 17.2 Å². The van der Waals surface area contributed by atoms with Gasteiger partial charge in [0.15, 0.2) is 0 Å². The lowest BCUT2D eigenvalue weighted by atomic mass is 9.72. The molecule has 4 rings (SSSR count). The molecule has 0 radical (unpaired) electrons. The number of carbonyl (C=O) groups excluding carboxylic acids is 1. The van der Waals surface area contributed by atoms with Gasteiger partial charge in [-0.1, -0.05) is 30.3 Å². The van der Waals surface area contributed by atoms with Crippen molar-refractivity contribution in [2.75, 3.05) is 46.8 Å². The number of amides is 1. The van der Waals surface area contributed by atoms with E-state index in [1.807, 2.05) is 18.2 Å². The highest BCUT2D eigenvalue weighted by atomic mass is 32.2. The van der Waals surface area contributed by atoms with Crippen molar-refractivity contribution >= 4 is 16.1 Å². The quantitative estimate of drug-likeness (QED) is 0.725. The maximum Gasteiger partial charge on any atom is 0.281 e. The van der Waals surface area contributed by atoms with E-state index in [1.54, 1.807) is 14.1 Å². The van der Waals surface area contributed by atoms with E-state index < -0.39 is 10.2 Å². The average Bonchev–Trinajstić information content (AvgIpc) is 3.38. The van der Waals surface area contributed by atoms with Crippen LogP contribution < -0.4 is 5.32 Å². The number of benzene rings is 1. The Balaban J connectivity index is 1.47. The predicted molar refractivity (Wildman–Crippen MR) is 108 cm³/mol. The van der Waals surface area contributed by atoms with Crippen LogP contribution in [0.4, 0.5) is 0 Å². The molecule has 7 nitrogen and oxygen atoms in total. The molecule has 3 fully saturated rings. The van der Waals surface area contributed by atoms with Crippen molar-refractivity contribution in [2.24, 2.45) is 17.3 Å². The summed E-state index contributed by atoms with van der Waals surface area (Å²) in [6.45, 7) is 3.81. The molecule has 0 aromatic heterocycles. The van der Waals surface area contributed by atoms with Gasteiger partial charge in [0, 0.05) is 58.8 Å². The van der Waals surface area contributed by atoms with Crippen molar-refractivity contribution in [3.8, 4) is 0 Å². The molecule has 2 aliphatic heterocycles. The summed E-state index contributed by atoms with van der Waals surface area (Å²) in [5.41, 5.74) is 0.930. The van der Waals surface area contributed by atoms with Gasteiger partial charge in [-0.25, -0.2) is 0 Å². The summed E-state index contributed by atoms with van der Waals surface area (Å²) in [6, 6.07) is 10.2. The highest BCUT2D eigenvalue weighted by Crippen LogP contribution is 2.46. The van der Waals surface area contributed by atoms with E-state index in [1.165, 1.54) is 27.0 Å². The van der Waals surface area contributed by atoms with Crippen molar-refractivity contribution in [2.45, 2.75) is 19.4 Å². The number of hydrogen-bond donors (Lipinski definition) is 1. The number of nitrogens with one attached hydrogen (secondary N) is 1. The zero-order valence-corrected chi connectivity index (χ0v) is 17.5. The van der Waals surface area contributed by atoms with Gasteiger partial charge in [0.05, 0.1) is 5.92 Å². The largest absolute Gasteiger partial charge is 0.356 e. The average molecular weight is 407 g/mol. The normalized spacial score (nSPS) is 25.2. The Morgan fingerprint density at radius 3 is 2.46 bits per heavy atom. The van der Waals surface area contributed by atoms with Crippen LogP contribution in [0.1, 0.15) is 18.4 Å². The van der Waals surface area contributed by atoms with E-state index in [9.17, 15) is 13.2 Å². The fourth-order valence-corrected chi connectivity index (χ4v) is 5.76. The van der Waals surface area contributed by atoms with Crippen molar-refractivity contribution in [3.63, 3.8) is 0 Å². The van der Waals surface area contributed by atoms with Gasteiger partial charge in [0.25, 0.3) is 10.2 Å². The lowest BCUT2D eigenvalue weighted by Crippen LogP contribution is -2.65. The van der Waals surface area contributed by atoms with Crippen LogP contribution in [0.5, 0.6) is 0 Å². The molecule has 1 aromatic rings. The van der Waals surface area contributed by atoms with E-state index in [0.29, 0.717) is 25.6 Å². The van der Waals surface area contributed by atoms with Gasteiger partial charge in [0.2, 0.25) is 5.91 Å². The Hall–Kier alpha value is -1.48. The fourth-order valence-electron chi connectivity index (χ4n) is 4.46. The van der Waals surface area contributed by atoms with Gasteiger partial charge in [-0.15, -0.1) is 0 Å². The first kappa shape index (κ1) is 19.8. The molecule has 2 heterocycles. The molecule has 3 aliphatic rings. The second-order valence-electron chi connectivity index (χ2n) is 8.82. The van der Waals surface area contributed by atoms with Gasteiger partial charge in [-0.05, 0) is 24.3 Å². The van der Waals surface area contributed by atoms with E-state index in [4.69, 9.17) is 0 Å². The zero-order chi connectivity index (χ0) is 19.9. The van der Waals surface area contributed by atoms with Crippen molar-refractivity contribution in [1.29, 1.82) is 0 Å². The van der Waals surface area contributed by atoms with Crippen LogP contribution in [0, 0.1) is 17.3 Å². The lowest BCUT2D eigenvalue weighted by Gasteiger charge is -2.50. The second-order valence-corrected chi connectivity index (χ2v) is 11.0. The van der Waals surface area contributed by atoms with Crippen LogP contribution in [0.25, 0.3) is 0 Å². The van der Waals surface area contributed by atoms with Crippen LogP contribution in [0.2, 0.25) is 0 Å². The van der Waals surface area contributed by atoms with Gasteiger partial charge < -0.3 is 5.32 Å². The predicted octanol–water partition coefficient (Wildman–Crippen LogP) is 0.753. The number of nitrogens with zero attached hydrogens (tertiary/aromatic N) is 3. The monoisotopic (exact) mass is 406 g/mol. The first-order valence-electron chi connectivity index (χ1n) is 10.0. The summed E-state index contributed by atoms with van der Waals surface area (Å²) < 4.78 is 27.7. The molecule has 1 N–H and O–H groups in total. The standard InChI is InChI=1S/C20H30N4O3S/c1-22(2)28(26,27)24-14-20(15-24)13-23(11-17-6-4-3-5-7-17)12-18(20)19(25)21-10-16-8-9-16/h3-7,16,18H,8-15H2,1-2H3,(H,21,25). The molecule has 1 aromatic carbocycles. The van der Waals surface area contributed by atoms with Crippen LogP contribution in [0.3, 0.4) is 0 Å². The van der Waals surface area contributed by atoms with Crippen LogP contribution >= 0.6 is 0 Å². The highest BCUT2D eigenvalue weighted by molar-refractivity contribution is 7.86. The molecule has 1 saturated carbocycles. The first-order chi connectivity index (χ1) is 13.3. The number of rotatable bonds is 7. The molecule has 1 amide bonds. The molecular formula is C20H30N4O3S. The van der Waals surface area contributed by atoms with Crippen molar-refractivity contribution in [1.82, 2.24) is 18.8 Å². The molecule has 8 heteroatoms. The van der Waals surface area contributed by atoms with Gasteiger partial charge in [0.1, 0.15) is 0 Å². The van der Waals surface area contributed by atoms with E-state index in [2.05, 4.69) is 22.3 Å². The van der Waals surface area contributed by atoms with Crippen LogP contribution in [-0.4, -0.2) is 74.7 Å². The van der Waals surface area contributed by atoms with E-state index in [0.717, 1.165) is 19.6 Å². The Kier molecular flexibility index (Phi) is 5.24. The summed E-state index contributed by atoms with van der Waals surface area (Å²) >= 11 is 0. The molecule has 0 bridgehead atoms. The number of carbonyl (C=O) groups is 1. The Bertz CT molecular complexity index is 817. The number of likely N-dealkylation sites (tertiary alicyclic amines) is 1. The number of hydrogen-bond acceptors (Lipinski definition) is 4. The van der Waals surface area contributed by atoms with Gasteiger partial charge in [-0.3, -0.25) is 9.69 Å². The molecule has 28 heavy (non-hydrogen) atoms. The molecule has 1 unspecified atom stereocenters. The summed E-state index contributed by atoms with van der Waals surface area (Å²) in [5.74, 6) is 0.557. The minimum atomic E-state index is -3.43. The van der Waals surface area contributed by atoms with Gasteiger partial charge in [-0.2, -0.15) is 17.0 Å². The summed E-state index contributed by atoms with van der Waals surface area (Å²) in [4.78, 5) is 15.3. The molecular weight excluding hydrogens is 376 g/mol. The zero-order valence-electron chi connectivity index (χ0n) is 16.7. The Morgan fingerprint density at radius 2 is 1.86 bits per heavy atom. The third-order valence-corrected chi connectivity index (χ3v) is 8.15. The first-order valence-corrected chi connectivity index (χ1v) is 11.4. The molecule has 2 saturated heterocycles. The minimum Gasteiger partial charge on any atom is -0.356 e. The van der Waals surface area contributed by atoms with Crippen LogP contribution in [-0.2, 0) is 21.5 Å². The maximum absolute atomic E-state index is 13.0. The molecule has 1 spiro atoms. The van der Waals surface area contributed by atoms with Crippen LogP contribution in [0.15, 0.2) is 30.3 Å². The van der Waals surface area contributed by atoms with Crippen molar-refractivity contribution < 1.29 is 13.2 Å². The second kappa shape index (κ2) is 7.40. The fraction of sp³-hybridized carbons (Fsp3) is 0.650. The Morgan fingerprint density at radius 1 is 1.18 bits per heavy atom. The lowest BCUT2D eigenvalue weighted by molar-refractivity contribution is -0.130. The topological polar surface area (TPSA) is 73.0 Å². The molecule has 154 valence electrons. The molecule has 1 atom stereocenters.